The molecular weight excluding hydrogens is 438 g/mol. The maximum atomic E-state index is 13.1. The third kappa shape index (κ3) is 7.59. The van der Waals surface area contributed by atoms with Crippen molar-refractivity contribution in [3.05, 3.63) is 33.8 Å². The molecule has 5 atom stereocenters. The molecule has 2 rings (SSSR count). The third-order valence-electron chi connectivity index (χ3n) is 6.68. The summed E-state index contributed by atoms with van der Waals surface area (Å²) in [4.78, 5) is 30.3. The van der Waals surface area contributed by atoms with Gasteiger partial charge >= 0.3 is 5.97 Å². The number of Topliss-reactive ketones (excluding diaryl/α,β-unsaturated/α-hetero) is 1. The summed E-state index contributed by atoms with van der Waals surface area (Å²) >= 11 is 1.56. The zero-order valence-corrected chi connectivity index (χ0v) is 21.5. The Kier molecular flexibility index (Phi) is 10.0. The Labute approximate surface area is 201 Å². The highest BCUT2D eigenvalue weighted by Gasteiger charge is 2.42. The van der Waals surface area contributed by atoms with Gasteiger partial charge in [-0.3, -0.25) is 9.59 Å². The smallest absolute Gasteiger partial charge is 0.309 e. The molecule has 1 aliphatic heterocycles. The van der Waals surface area contributed by atoms with Crippen LogP contribution in [0.25, 0.3) is 6.08 Å². The summed E-state index contributed by atoms with van der Waals surface area (Å²) in [7, 11) is 0. The maximum Gasteiger partial charge on any atom is 0.309 e. The number of aryl methyl sites for hydroxylation is 1. The number of aromatic nitrogens is 1. The van der Waals surface area contributed by atoms with Crippen molar-refractivity contribution in [2.45, 2.75) is 92.0 Å². The van der Waals surface area contributed by atoms with Gasteiger partial charge in [0.05, 0.1) is 34.7 Å². The average Bonchev–Trinajstić information content (AvgIpc) is 3.16. The lowest BCUT2D eigenvalue weighted by molar-refractivity contribution is -0.154. The molecule has 0 radical (unpaired) electrons. The molecule has 0 spiro atoms. The molecule has 0 saturated carbocycles. The lowest BCUT2D eigenvalue weighted by Gasteiger charge is -2.34. The summed E-state index contributed by atoms with van der Waals surface area (Å²) in [5.41, 5.74) is 0.513. The largest absolute Gasteiger partial charge is 0.457 e. The Morgan fingerprint density at radius 3 is 2.58 bits per heavy atom. The van der Waals surface area contributed by atoms with Gasteiger partial charge in [0.15, 0.2) is 0 Å². The molecule has 1 aromatic heterocycles. The highest BCUT2D eigenvalue weighted by Crippen LogP contribution is 2.32. The van der Waals surface area contributed by atoms with Gasteiger partial charge in [-0.2, -0.15) is 0 Å². The van der Waals surface area contributed by atoms with E-state index in [4.69, 9.17) is 4.74 Å². The van der Waals surface area contributed by atoms with Crippen LogP contribution in [0.5, 0.6) is 0 Å². The number of nitrogens with zero attached hydrogens (tertiary/aromatic N) is 1. The van der Waals surface area contributed by atoms with Crippen LogP contribution in [0.15, 0.2) is 23.1 Å². The molecule has 1 aromatic rings. The SMILES string of the molecule is CC(=Cc1csc(C)n1)C1CC=CCCC[C@@H](C)[C@@H](O)[C@H](C)C(=O)C(C)(C)[C@@H](O)CC(=O)O1. The number of ketones is 1. The van der Waals surface area contributed by atoms with Crippen molar-refractivity contribution in [3.63, 3.8) is 0 Å². The highest BCUT2D eigenvalue weighted by atomic mass is 32.1. The molecule has 0 bridgehead atoms. The van der Waals surface area contributed by atoms with E-state index in [1.807, 2.05) is 38.3 Å². The Morgan fingerprint density at radius 2 is 1.94 bits per heavy atom. The van der Waals surface area contributed by atoms with Crippen molar-refractivity contribution in [2.75, 3.05) is 0 Å². The van der Waals surface area contributed by atoms with Crippen LogP contribution in [0.1, 0.15) is 77.4 Å². The fourth-order valence-electron chi connectivity index (χ4n) is 4.18. The van der Waals surface area contributed by atoms with Crippen molar-refractivity contribution in [3.8, 4) is 0 Å². The van der Waals surface area contributed by atoms with E-state index in [2.05, 4.69) is 11.1 Å². The lowest BCUT2D eigenvalue weighted by Crippen LogP contribution is -2.45. The van der Waals surface area contributed by atoms with Gasteiger partial charge < -0.3 is 14.9 Å². The van der Waals surface area contributed by atoms with Crippen LogP contribution in [0.4, 0.5) is 0 Å². The van der Waals surface area contributed by atoms with Crippen LogP contribution in [0.2, 0.25) is 0 Å². The first kappa shape index (κ1) is 27.4. The van der Waals surface area contributed by atoms with E-state index in [1.165, 1.54) is 0 Å². The molecule has 7 heteroatoms. The number of esters is 1. The van der Waals surface area contributed by atoms with Crippen molar-refractivity contribution in [1.82, 2.24) is 4.98 Å². The number of allylic oxidation sites excluding steroid dienone is 1. The van der Waals surface area contributed by atoms with E-state index in [9.17, 15) is 19.8 Å². The second-order valence-corrected chi connectivity index (χ2v) is 10.9. The van der Waals surface area contributed by atoms with Crippen molar-refractivity contribution in [2.24, 2.45) is 17.3 Å². The van der Waals surface area contributed by atoms with Crippen LogP contribution >= 0.6 is 11.3 Å². The van der Waals surface area contributed by atoms with Gasteiger partial charge in [-0.25, -0.2) is 4.98 Å². The van der Waals surface area contributed by atoms with Crippen molar-refractivity contribution in [1.29, 1.82) is 0 Å². The number of aliphatic hydroxyl groups excluding tert-OH is 2. The van der Waals surface area contributed by atoms with Gasteiger partial charge in [0.2, 0.25) is 0 Å². The van der Waals surface area contributed by atoms with E-state index in [1.54, 1.807) is 32.1 Å². The number of carbonyl (C=O) groups is 2. The number of carbonyl (C=O) groups excluding carboxylic acids is 2. The topological polar surface area (TPSA) is 96.7 Å². The minimum absolute atomic E-state index is 0.0392. The number of rotatable bonds is 2. The first-order valence-electron chi connectivity index (χ1n) is 11.8. The number of ether oxygens (including phenoxy) is 1. The van der Waals surface area contributed by atoms with Crippen LogP contribution < -0.4 is 0 Å². The lowest BCUT2D eigenvalue weighted by atomic mass is 9.73. The summed E-state index contributed by atoms with van der Waals surface area (Å²) in [6.45, 7) is 10.8. The number of aliphatic hydroxyl groups is 2. The van der Waals surface area contributed by atoms with Gasteiger partial charge in [-0.1, -0.05) is 39.8 Å². The number of hydrogen-bond donors (Lipinski definition) is 2. The molecule has 1 aliphatic rings. The molecule has 1 unspecified atom stereocenters. The van der Waals surface area contributed by atoms with Gasteiger partial charge in [0.1, 0.15) is 11.9 Å². The predicted molar refractivity (Wildman–Crippen MR) is 132 cm³/mol. The first-order valence-corrected chi connectivity index (χ1v) is 12.7. The summed E-state index contributed by atoms with van der Waals surface area (Å²) in [5.74, 6) is -1.48. The molecule has 2 heterocycles. The summed E-state index contributed by atoms with van der Waals surface area (Å²) < 4.78 is 5.75. The van der Waals surface area contributed by atoms with E-state index < -0.39 is 35.6 Å². The molecule has 33 heavy (non-hydrogen) atoms. The van der Waals surface area contributed by atoms with Gasteiger partial charge in [-0.15, -0.1) is 11.3 Å². The molecular formula is C26H39NO5S. The zero-order valence-electron chi connectivity index (χ0n) is 20.7. The van der Waals surface area contributed by atoms with E-state index >= 15 is 0 Å². The van der Waals surface area contributed by atoms with Crippen LogP contribution in [-0.2, 0) is 14.3 Å². The maximum absolute atomic E-state index is 13.1. The molecule has 0 aromatic carbocycles. The number of thiazole rings is 1. The second-order valence-electron chi connectivity index (χ2n) is 9.86. The quantitative estimate of drug-likeness (QED) is 0.466. The zero-order chi connectivity index (χ0) is 24.8. The minimum atomic E-state index is -1.21. The van der Waals surface area contributed by atoms with Crippen LogP contribution in [-0.4, -0.2) is 45.3 Å². The first-order chi connectivity index (χ1) is 15.4. The van der Waals surface area contributed by atoms with Crippen molar-refractivity contribution < 1.29 is 24.5 Å². The van der Waals surface area contributed by atoms with Crippen molar-refractivity contribution >= 4 is 29.2 Å². The van der Waals surface area contributed by atoms with Gasteiger partial charge in [0, 0.05) is 17.7 Å². The monoisotopic (exact) mass is 477 g/mol. The third-order valence-corrected chi connectivity index (χ3v) is 7.47. The Balaban J connectivity index is 2.27. The van der Waals surface area contributed by atoms with Gasteiger partial charge in [0.25, 0.3) is 0 Å². The fraction of sp³-hybridized carbons (Fsp3) is 0.654. The Bertz CT molecular complexity index is 872. The van der Waals surface area contributed by atoms with E-state index in [0.717, 1.165) is 35.5 Å². The molecule has 0 saturated heterocycles. The summed E-state index contributed by atoms with van der Waals surface area (Å²) in [6, 6.07) is 0. The van der Waals surface area contributed by atoms with Crippen LogP contribution in [0.3, 0.4) is 0 Å². The molecule has 0 aliphatic carbocycles. The predicted octanol–water partition coefficient (Wildman–Crippen LogP) is 4.88. The minimum Gasteiger partial charge on any atom is -0.457 e. The standard InChI is InChI=1S/C26H39NO5S/c1-16-11-9-7-8-10-12-21(17(2)13-20-15-33-19(4)27-20)32-23(29)14-22(28)26(5,6)25(31)18(3)24(16)30/h8,10,13,15-16,18,21-22,24,28,30H,7,9,11-12,14H2,1-6H3/t16-,18+,21?,22+,24-/m1/s1. The molecule has 2 N–H and O–H groups in total. The highest BCUT2D eigenvalue weighted by molar-refractivity contribution is 7.09. The van der Waals surface area contributed by atoms with E-state index in [-0.39, 0.29) is 18.1 Å². The molecule has 0 fully saturated rings. The average molecular weight is 478 g/mol. The summed E-state index contributed by atoms with van der Waals surface area (Å²) in [5, 5.41) is 24.4. The molecule has 0 amide bonds. The van der Waals surface area contributed by atoms with Gasteiger partial charge in [-0.05, 0) is 50.7 Å². The second kappa shape index (κ2) is 12.0. The molecule has 6 nitrogen and oxygen atoms in total. The fourth-order valence-corrected chi connectivity index (χ4v) is 4.75. The number of hydrogen-bond acceptors (Lipinski definition) is 7. The Hall–Kier alpha value is -1.83. The normalized spacial score (nSPS) is 30.8. The van der Waals surface area contributed by atoms with E-state index in [0.29, 0.717) is 6.42 Å². The Morgan fingerprint density at radius 1 is 1.24 bits per heavy atom. The molecule has 184 valence electrons. The van der Waals surface area contributed by atoms with Crippen LogP contribution in [0, 0.1) is 24.2 Å². The number of cyclic esters (lactones) is 1. The summed E-state index contributed by atoms with van der Waals surface area (Å²) in [6.07, 6.45) is 6.28.